The number of rotatable bonds is 7. The number of carboxylic acid groups (broad SMARTS) is 1. The number of hydrogen-bond acceptors (Lipinski definition) is 2. The molecule has 0 aliphatic heterocycles. The Labute approximate surface area is 125 Å². The lowest BCUT2D eigenvalue weighted by molar-refractivity contribution is -0.140. The molecule has 0 aliphatic carbocycles. The van der Waals surface area contributed by atoms with Crippen LogP contribution >= 0.6 is 0 Å². The fraction of sp³-hybridized carbons (Fsp3) is 0.500. The van der Waals surface area contributed by atoms with Crippen molar-refractivity contribution >= 4 is 17.7 Å². The zero-order valence-corrected chi connectivity index (χ0v) is 12.8. The number of aryl methyl sites for hydroxylation is 1. The van der Waals surface area contributed by atoms with Gasteiger partial charge in [-0.25, -0.2) is 9.59 Å². The van der Waals surface area contributed by atoms with Gasteiger partial charge in [-0.3, -0.25) is 0 Å². The molecule has 0 aliphatic rings. The molecule has 0 radical (unpaired) electrons. The number of carboxylic acids is 1. The molecule has 116 valence electrons. The van der Waals surface area contributed by atoms with Crippen LogP contribution in [-0.4, -0.2) is 23.1 Å². The van der Waals surface area contributed by atoms with E-state index in [0.29, 0.717) is 5.69 Å². The maximum Gasteiger partial charge on any atom is 0.326 e. The van der Waals surface area contributed by atoms with E-state index in [1.165, 1.54) is 5.56 Å². The molecule has 5 heteroatoms. The highest BCUT2D eigenvalue weighted by Gasteiger charge is 2.23. The summed E-state index contributed by atoms with van der Waals surface area (Å²) >= 11 is 0. The van der Waals surface area contributed by atoms with E-state index in [1.54, 1.807) is 13.8 Å². The second-order valence-corrected chi connectivity index (χ2v) is 5.46. The van der Waals surface area contributed by atoms with Crippen molar-refractivity contribution in [1.29, 1.82) is 0 Å². The molecule has 0 aromatic heterocycles. The molecule has 2 amide bonds. The Bertz CT molecular complexity index is 469. The number of anilines is 1. The summed E-state index contributed by atoms with van der Waals surface area (Å²) in [5.41, 5.74) is 1.88. The second kappa shape index (κ2) is 8.29. The molecule has 1 aromatic carbocycles. The first-order valence-corrected chi connectivity index (χ1v) is 7.33. The van der Waals surface area contributed by atoms with E-state index >= 15 is 0 Å². The van der Waals surface area contributed by atoms with Crippen molar-refractivity contribution < 1.29 is 14.7 Å². The Morgan fingerprint density at radius 3 is 2.29 bits per heavy atom. The van der Waals surface area contributed by atoms with Crippen LogP contribution in [0.5, 0.6) is 0 Å². The standard InChI is InChI=1S/C16H24N2O3/c1-4-5-6-12-7-9-13(10-8-12)17-16(21)18-14(11(2)3)15(19)20/h7-11,14H,4-6H2,1-3H3,(H,19,20)(H2,17,18,21)/t14-/m0/s1. The van der Waals surface area contributed by atoms with Gasteiger partial charge in [0.15, 0.2) is 0 Å². The van der Waals surface area contributed by atoms with Crippen LogP contribution in [-0.2, 0) is 11.2 Å². The quantitative estimate of drug-likeness (QED) is 0.721. The van der Waals surface area contributed by atoms with Crippen LogP contribution in [0.15, 0.2) is 24.3 Å². The van der Waals surface area contributed by atoms with Crippen molar-refractivity contribution in [3.8, 4) is 0 Å². The zero-order valence-electron chi connectivity index (χ0n) is 12.8. The van der Waals surface area contributed by atoms with Crippen LogP contribution in [0, 0.1) is 5.92 Å². The van der Waals surface area contributed by atoms with Gasteiger partial charge in [-0.1, -0.05) is 39.3 Å². The molecule has 0 saturated heterocycles. The molecule has 0 bridgehead atoms. The lowest BCUT2D eigenvalue weighted by Crippen LogP contribution is -2.46. The van der Waals surface area contributed by atoms with Gasteiger partial charge in [0, 0.05) is 5.69 Å². The average molecular weight is 292 g/mol. The monoisotopic (exact) mass is 292 g/mol. The van der Waals surface area contributed by atoms with E-state index in [-0.39, 0.29) is 5.92 Å². The van der Waals surface area contributed by atoms with E-state index in [2.05, 4.69) is 17.6 Å². The van der Waals surface area contributed by atoms with Crippen molar-refractivity contribution in [3.63, 3.8) is 0 Å². The first kappa shape index (κ1) is 17.0. The number of carbonyl (C=O) groups is 2. The van der Waals surface area contributed by atoms with Crippen LogP contribution < -0.4 is 10.6 Å². The van der Waals surface area contributed by atoms with Gasteiger partial charge < -0.3 is 15.7 Å². The van der Waals surface area contributed by atoms with Gasteiger partial charge >= 0.3 is 12.0 Å². The second-order valence-electron chi connectivity index (χ2n) is 5.46. The largest absolute Gasteiger partial charge is 0.480 e. The molecular weight excluding hydrogens is 268 g/mol. The highest BCUT2D eigenvalue weighted by molar-refractivity contribution is 5.92. The fourth-order valence-corrected chi connectivity index (χ4v) is 1.96. The number of unbranched alkanes of at least 4 members (excludes halogenated alkanes) is 1. The number of nitrogens with one attached hydrogen (secondary N) is 2. The Morgan fingerprint density at radius 1 is 1.19 bits per heavy atom. The minimum atomic E-state index is -1.03. The van der Waals surface area contributed by atoms with E-state index in [0.717, 1.165) is 19.3 Å². The molecule has 0 saturated carbocycles. The highest BCUT2D eigenvalue weighted by atomic mass is 16.4. The van der Waals surface area contributed by atoms with Crippen molar-refractivity contribution in [2.45, 2.75) is 46.1 Å². The third kappa shape index (κ3) is 5.85. The minimum absolute atomic E-state index is 0.176. The van der Waals surface area contributed by atoms with Crippen molar-refractivity contribution in [2.75, 3.05) is 5.32 Å². The van der Waals surface area contributed by atoms with E-state index in [1.807, 2.05) is 24.3 Å². The smallest absolute Gasteiger partial charge is 0.326 e. The lowest BCUT2D eigenvalue weighted by atomic mass is 10.1. The van der Waals surface area contributed by atoms with Crippen molar-refractivity contribution in [2.24, 2.45) is 5.92 Å². The van der Waals surface area contributed by atoms with Crippen LogP contribution in [0.1, 0.15) is 39.2 Å². The SMILES string of the molecule is CCCCc1ccc(NC(=O)N[C@H](C(=O)O)C(C)C)cc1. The first-order chi connectivity index (χ1) is 9.93. The summed E-state index contributed by atoms with van der Waals surface area (Å²) in [6.45, 7) is 5.65. The number of benzene rings is 1. The molecular formula is C16H24N2O3. The van der Waals surface area contributed by atoms with Gasteiger partial charge in [0.1, 0.15) is 6.04 Å². The van der Waals surface area contributed by atoms with Crippen LogP contribution in [0.3, 0.4) is 0 Å². The number of aliphatic carboxylic acids is 1. The third-order valence-electron chi connectivity index (χ3n) is 3.25. The first-order valence-electron chi connectivity index (χ1n) is 7.33. The molecule has 5 nitrogen and oxygen atoms in total. The number of hydrogen-bond donors (Lipinski definition) is 3. The van der Waals surface area contributed by atoms with Gasteiger partial charge in [-0.15, -0.1) is 0 Å². The maximum absolute atomic E-state index is 11.8. The summed E-state index contributed by atoms with van der Waals surface area (Å²) in [6.07, 6.45) is 3.31. The summed E-state index contributed by atoms with van der Waals surface area (Å²) in [6, 6.07) is 6.21. The Morgan fingerprint density at radius 2 is 1.81 bits per heavy atom. The minimum Gasteiger partial charge on any atom is -0.480 e. The predicted molar refractivity (Wildman–Crippen MR) is 83.5 cm³/mol. The molecule has 1 rings (SSSR count). The van der Waals surface area contributed by atoms with Crippen LogP contribution in [0.25, 0.3) is 0 Å². The zero-order chi connectivity index (χ0) is 15.8. The van der Waals surface area contributed by atoms with Gasteiger partial charge in [0.05, 0.1) is 0 Å². The number of urea groups is 1. The molecule has 3 N–H and O–H groups in total. The molecule has 0 unspecified atom stereocenters. The lowest BCUT2D eigenvalue weighted by Gasteiger charge is -2.18. The number of carbonyl (C=O) groups excluding carboxylic acids is 1. The summed E-state index contributed by atoms with van der Waals surface area (Å²) < 4.78 is 0. The van der Waals surface area contributed by atoms with E-state index in [9.17, 15) is 9.59 Å². The normalized spacial score (nSPS) is 12.0. The Hall–Kier alpha value is -2.04. The van der Waals surface area contributed by atoms with Crippen LogP contribution in [0.2, 0.25) is 0 Å². The summed E-state index contributed by atoms with van der Waals surface area (Å²) in [5.74, 6) is -1.21. The molecule has 21 heavy (non-hydrogen) atoms. The van der Waals surface area contributed by atoms with Crippen molar-refractivity contribution in [3.05, 3.63) is 29.8 Å². The summed E-state index contributed by atoms with van der Waals surface area (Å²) in [7, 11) is 0. The van der Waals surface area contributed by atoms with E-state index < -0.39 is 18.0 Å². The highest BCUT2D eigenvalue weighted by Crippen LogP contribution is 2.12. The topological polar surface area (TPSA) is 78.4 Å². The van der Waals surface area contributed by atoms with Gasteiger partial charge in [-0.2, -0.15) is 0 Å². The maximum atomic E-state index is 11.8. The Balaban J connectivity index is 2.56. The van der Waals surface area contributed by atoms with Gasteiger partial charge in [0.2, 0.25) is 0 Å². The predicted octanol–water partition coefficient (Wildman–Crippen LogP) is 3.26. The van der Waals surface area contributed by atoms with Gasteiger partial charge in [-0.05, 0) is 36.5 Å². The van der Waals surface area contributed by atoms with Gasteiger partial charge in [0.25, 0.3) is 0 Å². The molecule has 1 aromatic rings. The summed E-state index contributed by atoms with van der Waals surface area (Å²) in [5, 5.41) is 14.2. The molecule has 0 fully saturated rings. The summed E-state index contributed by atoms with van der Waals surface area (Å²) in [4.78, 5) is 22.8. The third-order valence-corrected chi connectivity index (χ3v) is 3.25. The molecule has 0 heterocycles. The van der Waals surface area contributed by atoms with Crippen molar-refractivity contribution in [1.82, 2.24) is 5.32 Å². The van der Waals surface area contributed by atoms with Crippen LogP contribution in [0.4, 0.5) is 10.5 Å². The fourth-order valence-electron chi connectivity index (χ4n) is 1.96. The average Bonchev–Trinajstić information content (AvgIpc) is 2.43. The molecule has 0 spiro atoms. The Kier molecular flexibility index (Phi) is 6.72. The number of amides is 2. The molecule has 1 atom stereocenters. The van der Waals surface area contributed by atoms with E-state index in [4.69, 9.17) is 5.11 Å².